The monoisotopic (exact) mass is 600 g/mol. The average Bonchev–Trinajstić information content (AvgIpc) is 3.18. The molecular formula is C29H37BrN4O5. The van der Waals surface area contributed by atoms with E-state index < -0.39 is 11.5 Å². The maximum absolute atomic E-state index is 13.1. The summed E-state index contributed by atoms with van der Waals surface area (Å²) < 4.78 is 5.96. The highest BCUT2D eigenvalue weighted by atomic mass is 79.9. The average molecular weight is 602 g/mol. The first kappa shape index (κ1) is 29.2. The van der Waals surface area contributed by atoms with Crippen molar-refractivity contribution < 1.29 is 24.2 Å². The van der Waals surface area contributed by atoms with Gasteiger partial charge in [0, 0.05) is 36.8 Å². The second-order valence-electron chi connectivity index (χ2n) is 10.4. The number of carbonyl (C=O) groups excluding carboxylic acids is 2. The number of amides is 3. The number of hydrogen-bond acceptors (Lipinski definition) is 6. The Morgan fingerprint density at radius 3 is 2.31 bits per heavy atom. The maximum atomic E-state index is 13.1. The Hall–Kier alpha value is -2.79. The van der Waals surface area contributed by atoms with Crippen LogP contribution in [0.2, 0.25) is 0 Å². The molecule has 5 rings (SSSR count). The van der Waals surface area contributed by atoms with Gasteiger partial charge in [0.25, 0.3) is 5.91 Å². The fourth-order valence-electron chi connectivity index (χ4n) is 5.22. The van der Waals surface area contributed by atoms with E-state index in [1.807, 2.05) is 42.5 Å². The molecule has 0 bridgehead atoms. The molecule has 1 atom stereocenters. The standard InChI is InChI=1S/C23H27BrN4O2.C6H10O3/c24-19-8-6-17(7-9-19)16-28-21(29)23(26-22(28)30)11-14-27(15-12-23)13-10-20(25)18-4-2-1-3-5-18;7-6(8)5-1-3-9-4-2-5/h1-9,20H,10-16,25H2,(H,26,30);5H,1-4H2,(H,7,8)/t20-;/m0./s1. The summed E-state index contributed by atoms with van der Waals surface area (Å²) in [5.74, 6) is -0.937. The zero-order chi connectivity index (χ0) is 27.8. The lowest BCUT2D eigenvalue weighted by atomic mass is 9.87. The van der Waals surface area contributed by atoms with E-state index in [0.717, 1.165) is 41.7 Å². The van der Waals surface area contributed by atoms with Crippen LogP contribution >= 0.6 is 15.9 Å². The molecule has 3 amide bonds. The second kappa shape index (κ2) is 13.5. The number of urea groups is 1. The number of rotatable bonds is 7. The molecule has 3 heterocycles. The van der Waals surface area contributed by atoms with Crippen LogP contribution in [0.3, 0.4) is 0 Å². The maximum Gasteiger partial charge on any atom is 0.325 e. The molecule has 39 heavy (non-hydrogen) atoms. The van der Waals surface area contributed by atoms with Gasteiger partial charge in [-0.15, -0.1) is 0 Å². The topological polar surface area (TPSA) is 125 Å². The Morgan fingerprint density at radius 2 is 1.72 bits per heavy atom. The molecule has 10 heteroatoms. The van der Waals surface area contributed by atoms with E-state index in [1.54, 1.807) is 0 Å². The van der Waals surface area contributed by atoms with E-state index in [1.165, 1.54) is 4.90 Å². The summed E-state index contributed by atoms with van der Waals surface area (Å²) in [5.41, 5.74) is 7.64. The number of aliphatic carboxylic acids is 1. The van der Waals surface area contributed by atoms with Crippen LogP contribution in [0, 0.1) is 5.92 Å². The summed E-state index contributed by atoms with van der Waals surface area (Å²) >= 11 is 3.41. The molecule has 2 aromatic rings. The Morgan fingerprint density at radius 1 is 1.08 bits per heavy atom. The van der Waals surface area contributed by atoms with Crippen LogP contribution in [-0.2, 0) is 20.9 Å². The van der Waals surface area contributed by atoms with E-state index in [2.05, 4.69) is 38.3 Å². The predicted octanol–water partition coefficient (Wildman–Crippen LogP) is 3.92. The quantitative estimate of drug-likeness (QED) is 0.411. The van der Waals surface area contributed by atoms with Crippen LogP contribution in [0.25, 0.3) is 0 Å². The molecule has 1 spiro atoms. The van der Waals surface area contributed by atoms with Crippen LogP contribution in [-0.4, -0.2) is 71.2 Å². The van der Waals surface area contributed by atoms with Crippen LogP contribution in [0.15, 0.2) is 59.1 Å². The van der Waals surface area contributed by atoms with Crippen molar-refractivity contribution in [2.24, 2.45) is 11.7 Å². The van der Waals surface area contributed by atoms with Gasteiger partial charge in [-0.25, -0.2) is 4.79 Å². The van der Waals surface area contributed by atoms with Gasteiger partial charge in [0.15, 0.2) is 0 Å². The molecule has 3 aliphatic heterocycles. The van der Waals surface area contributed by atoms with Crippen LogP contribution < -0.4 is 11.1 Å². The molecule has 0 radical (unpaired) electrons. The van der Waals surface area contributed by atoms with Gasteiger partial charge in [0.05, 0.1) is 12.5 Å². The largest absolute Gasteiger partial charge is 0.481 e. The number of carboxylic acids is 1. The summed E-state index contributed by atoms with van der Waals surface area (Å²) in [6.07, 6.45) is 3.49. The number of carbonyl (C=O) groups is 3. The Balaban J connectivity index is 0.000000333. The Bertz CT molecular complexity index is 1120. The highest BCUT2D eigenvalue weighted by Crippen LogP contribution is 2.31. The summed E-state index contributed by atoms with van der Waals surface area (Å²) in [7, 11) is 0. The number of nitrogens with zero attached hydrogens (tertiary/aromatic N) is 2. The zero-order valence-electron chi connectivity index (χ0n) is 22.1. The van der Waals surface area contributed by atoms with Crippen molar-refractivity contribution in [1.82, 2.24) is 15.1 Å². The Labute approximate surface area is 237 Å². The second-order valence-corrected chi connectivity index (χ2v) is 11.3. The van der Waals surface area contributed by atoms with Crippen LogP contribution in [0.1, 0.15) is 49.3 Å². The summed E-state index contributed by atoms with van der Waals surface area (Å²) in [5, 5.41) is 11.5. The lowest BCUT2D eigenvalue weighted by Gasteiger charge is -2.37. The Kier molecular flexibility index (Phi) is 10.1. The van der Waals surface area contributed by atoms with Gasteiger partial charge in [-0.3, -0.25) is 14.5 Å². The zero-order valence-corrected chi connectivity index (χ0v) is 23.6. The van der Waals surface area contributed by atoms with Gasteiger partial charge in [0.2, 0.25) is 0 Å². The van der Waals surface area contributed by atoms with E-state index in [0.29, 0.717) is 45.4 Å². The number of likely N-dealkylation sites (tertiary alicyclic amines) is 1. The SMILES string of the molecule is N[C@@H](CCN1CCC2(CC1)NC(=O)N(Cc1ccc(Br)cc1)C2=O)c1ccccc1.O=C(O)C1CCOCC1. The smallest absolute Gasteiger partial charge is 0.325 e. The lowest BCUT2D eigenvalue weighted by Crippen LogP contribution is -2.55. The number of halogens is 1. The summed E-state index contributed by atoms with van der Waals surface area (Å²) in [4.78, 5) is 39.6. The first-order chi connectivity index (χ1) is 18.8. The molecule has 0 saturated carbocycles. The fourth-order valence-corrected chi connectivity index (χ4v) is 5.49. The summed E-state index contributed by atoms with van der Waals surface area (Å²) in [6, 6.07) is 17.5. The predicted molar refractivity (Wildman–Crippen MR) is 151 cm³/mol. The minimum atomic E-state index is -0.759. The van der Waals surface area contributed by atoms with E-state index >= 15 is 0 Å². The number of benzene rings is 2. The van der Waals surface area contributed by atoms with Crippen LogP contribution in [0.4, 0.5) is 4.79 Å². The highest BCUT2D eigenvalue weighted by Gasteiger charge is 2.52. The fraction of sp³-hybridized carbons (Fsp3) is 0.483. The molecule has 3 aliphatic rings. The summed E-state index contributed by atoms with van der Waals surface area (Å²) in [6.45, 7) is 3.96. The van der Waals surface area contributed by atoms with E-state index in [4.69, 9.17) is 15.6 Å². The molecule has 3 fully saturated rings. The molecule has 3 saturated heterocycles. The highest BCUT2D eigenvalue weighted by molar-refractivity contribution is 9.10. The van der Waals surface area contributed by atoms with Crippen molar-refractivity contribution in [2.75, 3.05) is 32.8 Å². The van der Waals surface area contributed by atoms with Gasteiger partial charge in [-0.2, -0.15) is 0 Å². The molecule has 2 aromatic carbocycles. The third kappa shape index (κ3) is 7.66. The third-order valence-electron chi connectivity index (χ3n) is 7.76. The molecule has 0 unspecified atom stereocenters. The molecule has 4 N–H and O–H groups in total. The molecule has 0 aliphatic carbocycles. The minimum absolute atomic E-state index is 0.0105. The van der Waals surface area contributed by atoms with Crippen LogP contribution in [0.5, 0.6) is 0 Å². The van der Waals surface area contributed by atoms with Crippen molar-refractivity contribution in [3.05, 3.63) is 70.2 Å². The van der Waals surface area contributed by atoms with Crippen molar-refractivity contribution in [1.29, 1.82) is 0 Å². The number of nitrogens with two attached hydrogens (primary N) is 1. The van der Waals surface area contributed by atoms with Crippen molar-refractivity contribution in [3.63, 3.8) is 0 Å². The number of ether oxygens (including phenoxy) is 1. The van der Waals surface area contributed by atoms with Gasteiger partial charge in [-0.05, 0) is 61.9 Å². The molecule has 9 nitrogen and oxygen atoms in total. The van der Waals surface area contributed by atoms with Gasteiger partial charge in [-0.1, -0.05) is 58.4 Å². The number of imide groups is 1. The van der Waals surface area contributed by atoms with Crippen molar-refractivity contribution in [2.45, 2.75) is 50.2 Å². The molecule has 210 valence electrons. The first-order valence-corrected chi connectivity index (χ1v) is 14.3. The van der Waals surface area contributed by atoms with Gasteiger partial charge >= 0.3 is 12.0 Å². The first-order valence-electron chi connectivity index (χ1n) is 13.5. The van der Waals surface area contributed by atoms with E-state index in [9.17, 15) is 14.4 Å². The number of carboxylic acid groups (broad SMARTS) is 1. The van der Waals surface area contributed by atoms with Gasteiger partial charge in [0.1, 0.15) is 5.54 Å². The van der Waals surface area contributed by atoms with Crippen molar-refractivity contribution in [3.8, 4) is 0 Å². The number of piperidine rings is 1. The molecule has 0 aromatic heterocycles. The van der Waals surface area contributed by atoms with Crippen molar-refractivity contribution >= 4 is 33.8 Å². The third-order valence-corrected chi connectivity index (χ3v) is 8.29. The number of hydrogen-bond donors (Lipinski definition) is 3. The van der Waals surface area contributed by atoms with Gasteiger partial charge < -0.3 is 25.8 Å². The minimum Gasteiger partial charge on any atom is -0.481 e. The number of nitrogens with one attached hydrogen (secondary N) is 1. The molecular weight excluding hydrogens is 564 g/mol. The van der Waals surface area contributed by atoms with E-state index in [-0.39, 0.29) is 23.9 Å². The normalized spacial score (nSPS) is 20.3. The lowest BCUT2D eigenvalue weighted by molar-refractivity contribution is -0.144.